The van der Waals surface area contributed by atoms with Crippen molar-refractivity contribution in [2.75, 3.05) is 0 Å². The molecule has 0 saturated carbocycles. The molecule has 0 saturated heterocycles. The van der Waals surface area contributed by atoms with Crippen molar-refractivity contribution in [3.05, 3.63) is 33.8 Å². The monoisotopic (exact) mass is 244 g/mol. The Morgan fingerprint density at radius 3 is 2.67 bits per heavy atom. The number of aryl methyl sites for hydroxylation is 1. The fourth-order valence-corrected chi connectivity index (χ4v) is 1.82. The van der Waals surface area contributed by atoms with E-state index in [9.17, 15) is 4.79 Å². The maximum absolute atomic E-state index is 11.3. The molecule has 1 aromatic rings. The Morgan fingerprint density at radius 2 is 2.00 bits per heavy atom. The molecular weight excluding hydrogens is 231 g/mol. The quantitative estimate of drug-likeness (QED) is 0.756. The van der Waals surface area contributed by atoms with Crippen molar-refractivity contribution in [3.8, 4) is 0 Å². The summed E-state index contributed by atoms with van der Waals surface area (Å²) in [5.74, 6) is 0.286. The molecule has 0 amide bonds. The summed E-state index contributed by atoms with van der Waals surface area (Å²) in [7, 11) is 0. The highest BCUT2D eigenvalue weighted by atomic mass is 35.5. The van der Waals surface area contributed by atoms with Gasteiger partial charge in [0.2, 0.25) is 0 Å². The van der Waals surface area contributed by atoms with Crippen LogP contribution in [0, 0.1) is 0 Å². The fraction of sp³-hybridized carbons (Fsp3) is 0.417. The molecule has 0 aliphatic heterocycles. The molecule has 15 heavy (non-hydrogen) atoms. The van der Waals surface area contributed by atoms with Gasteiger partial charge in [0.1, 0.15) is 5.78 Å². The molecule has 0 aliphatic rings. The Hall–Kier alpha value is -0.530. The number of benzene rings is 1. The predicted octanol–water partition coefficient (Wildman–Crippen LogP) is 4.30. The van der Waals surface area contributed by atoms with Gasteiger partial charge in [0, 0.05) is 22.9 Å². The summed E-state index contributed by atoms with van der Waals surface area (Å²) in [5, 5.41) is 1.35. The van der Waals surface area contributed by atoms with Crippen molar-refractivity contribution in [2.24, 2.45) is 0 Å². The average Bonchev–Trinajstić information content (AvgIpc) is 2.20. The average molecular weight is 245 g/mol. The van der Waals surface area contributed by atoms with Gasteiger partial charge >= 0.3 is 0 Å². The Bertz CT molecular complexity index is 347. The van der Waals surface area contributed by atoms with Crippen LogP contribution in [0.15, 0.2) is 18.2 Å². The van der Waals surface area contributed by atoms with Crippen molar-refractivity contribution >= 4 is 29.0 Å². The molecule has 1 nitrogen and oxygen atoms in total. The van der Waals surface area contributed by atoms with E-state index in [1.165, 1.54) is 0 Å². The summed E-state index contributed by atoms with van der Waals surface area (Å²) < 4.78 is 0. The second-order valence-electron chi connectivity index (χ2n) is 3.52. The second kappa shape index (κ2) is 6.14. The standard InChI is InChI=1S/C12H14Cl2O/c1-2-3-11(15)6-4-9-8-10(13)5-7-12(9)14/h5,7-8H,2-4,6H2,1H3. The minimum absolute atomic E-state index is 0.286. The topological polar surface area (TPSA) is 17.1 Å². The smallest absolute Gasteiger partial charge is 0.133 e. The molecule has 1 aromatic carbocycles. The number of carbonyl (C=O) groups excluding carboxylic acids is 1. The number of hydrogen-bond acceptors (Lipinski definition) is 1. The molecular formula is C12H14Cl2O. The van der Waals surface area contributed by atoms with Crippen LogP contribution < -0.4 is 0 Å². The molecule has 0 unspecified atom stereocenters. The Balaban J connectivity index is 2.57. The zero-order chi connectivity index (χ0) is 11.3. The lowest BCUT2D eigenvalue weighted by Crippen LogP contribution is -1.99. The van der Waals surface area contributed by atoms with Gasteiger partial charge < -0.3 is 0 Å². The highest BCUT2D eigenvalue weighted by Crippen LogP contribution is 2.22. The highest BCUT2D eigenvalue weighted by Gasteiger charge is 2.05. The third-order valence-electron chi connectivity index (χ3n) is 2.21. The maximum atomic E-state index is 11.3. The first kappa shape index (κ1) is 12.5. The molecule has 0 spiro atoms. The van der Waals surface area contributed by atoms with Crippen LogP contribution in [0.25, 0.3) is 0 Å². The van der Waals surface area contributed by atoms with Gasteiger partial charge in [0.25, 0.3) is 0 Å². The van der Waals surface area contributed by atoms with Crippen molar-refractivity contribution in [1.82, 2.24) is 0 Å². The van der Waals surface area contributed by atoms with Crippen LogP contribution in [0.5, 0.6) is 0 Å². The van der Waals surface area contributed by atoms with Crippen LogP contribution in [-0.4, -0.2) is 5.78 Å². The number of carbonyl (C=O) groups is 1. The summed E-state index contributed by atoms with van der Waals surface area (Å²) in [6.45, 7) is 2.00. The first-order chi connectivity index (χ1) is 7.13. The van der Waals surface area contributed by atoms with Crippen LogP contribution in [0.1, 0.15) is 31.7 Å². The first-order valence-electron chi connectivity index (χ1n) is 5.09. The van der Waals surface area contributed by atoms with Crippen LogP contribution in [0.2, 0.25) is 10.0 Å². The normalized spacial score (nSPS) is 10.3. The lowest BCUT2D eigenvalue weighted by Gasteiger charge is -2.04. The second-order valence-corrected chi connectivity index (χ2v) is 4.37. The van der Waals surface area contributed by atoms with Gasteiger partial charge in [0.05, 0.1) is 0 Å². The van der Waals surface area contributed by atoms with E-state index in [-0.39, 0.29) is 5.78 Å². The van der Waals surface area contributed by atoms with E-state index in [4.69, 9.17) is 23.2 Å². The molecule has 0 atom stereocenters. The van der Waals surface area contributed by atoms with Gasteiger partial charge in [-0.15, -0.1) is 0 Å². The molecule has 0 aromatic heterocycles. The summed E-state index contributed by atoms with van der Waals surface area (Å²) in [6.07, 6.45) is 2.78. The molecule has 0 radical (unpaired) electrons. The maximum Gasteiger partial charge on any atom is 0.133 e. The lowest BCUT2D eigenvalue weighted by molar-refractivity contribution is -0.119. The highest BCUT2D eigenvalue weighted by molar-refractivity contribution is 6.33. The van der Waals surface area contributed by atoms with E-state index in [2.05, 4.69) is 0 Å². The molecule has 3 heteroatoms. The summed E-state index contributed by atoms with van der Waals surface area (Å²) in [5.41, 5.74) is 0.952. The van der Waals surface area contributed by atoms with Crippen LogP contribution in [0.4, 0.5) is 0 Å². The molecule has 0 bridgehead atoms. The van der Waals surface area contributed by atoms with Crippen LogP contribution in [0.3, 0.4) is 0 Å². The Morgan fingerprint density at radius 1 is 1.27 bits per heavy atom. The van der Waals surface area contributed by atoms with E-state index in [0.29, 0.717) is 29.3 Å². The minimum atomic E-state index is 0.286. The molecule has 0 heterocycles. The van der Waals surface area contributed by atoms with Gasteiger partial charge in [-0.3, -0.25) is 4.79 Å². The third kappa shape index (κ3) is 4.23. The van der Waals surface area contributed by atoms with E-state index < -0.39 is 0 Å². The molecule has 0 N–H and O–H groups in total. The van der Waals surface area contributed by atoms with E-state index in [0.717, 1.165) is 12.0 Å². The molecule has 0 aliphatic carbocycles. The zero-order valence-corrected chi connectivity index (χ0v) is 10.2. The lowest BCUT2D eigenvalue weighted by atomic mass is 10.1. The first-order valence-corrected chi connectivity index (χ1v) is 5.84. The Labute approximate surface area is 100 Å². The summed E-state index contributed by atoms with van der Waals surface area (Å²) >= 11 is 11.8. The van der Waals surface area contributed by atoms with Crippen molar-refractivity contribution < 1.29 is 4.79 Å². The SMILES string of the molecule is CCCC(=O)CCc1cc(Cl)ccc1Cl. The zero-order valence-electron chi connectivity index (χ0n) is 8.72. The van der Waals surface area contributed by atoms with Crippen LogP contribution in [-0.2, 0) is 11.2 Å². The van der Waals surface area contributed by atoms with Gasteiger partial charge in [-0.2, -0.15) is 0 Å². The van der Waals surface area contributed by atoms with Gasteiger partial charge in [-0.25, -0.2) is 0 Å². The number of hydrogen-bond donors (Lipinski definition) is 0. The van der Waals surface area contributed by atoms with Crippen LogP contribution >= 0.6 is 23.2 Å². The van der Waals surface area contributed by atoms with E-state index in [1.807, 2.05) is 13.0 Å². The van der Waals surface area contributed by atoms with Crippen molar-refractivity contribution in [2.45, 2.75) is 32.6 Å². The predicted molar refractivity (Wildman–Crippen MR) is 64.7 cm³/mol. The van der Waals surface area contributed by atoms with Gasteiger partial charge in [-0.05, 0) is 36.6 Å². The number of halogens is 2. The summed E-state index contributed by atoms with van der Waals surface area (Å²) in [4.78, 5) is 11.3. The fourth-order valence-electron chi connectivity index (χ4n) is 1.41. The largest absolute Gasteiger partial charge is 0.300 e. The van der Waals surface area contributed by atoms with Gasteiger partial charge in [0.15, 0.2) is 0 Å². The molecule has 1 rings (SSSR count). The Kier molecular flexibility index (Phi) is 5.13. The number of Topliss-reactive ketones (excluding diaryl/α,β-unsaturated/α-hetero) is 1. The number of rotatable bonds is 5. The molecule has 0 fully saturated rings. The third-order valence-corrected chi connectivity index (χ3v) is 2.81. The van der Waals surface area contributed by atoms with Crippen molar-refractivity contribution in [1.29, 1.82) is 0 Å². The minimum Gasteiger partial charge on any atom is -0.300 e. The van der Waals surface area contributed by atoms with Crippen molar-refractivity contribution in [3.63, 3.8) is 0 Å². The van der Waals surface area contributed by atoms with Gasteiger partial charge in [-0.1, -0.05) is 30.1 Å². The number of ketones is 1. The van der Waals surface area contributed by atoms with E-state index in [1.54, 1.807) is 12.1 Å². The van der Waals surface area contributed by atoms with E-state index >= 15 is 0 Å². The summed E-state index contributed by atoms with van der Waals surface area (Å²) in [6, 6.07) is 5.34. The molecule has 82 valence electrons.